The lowest BCUT2D eigenvalue weighted by Crippen LogP contribution is -2.04. The zero-order chi connectivity index (χ0) is 16.2. The molecule has 0 aliphatic heterocycles. The van der Waals surface area contributed by atoms with E-state index in [0.29, 0.717) is 5.69 Å². The number of benzene rings is 2. The molecule has 3 aromatic rings. The molecule has 23 heavy (non-hydrogen) atoms. The molecule has 0 aliphatic rings. The molecule has 0 aliphatic carbocycles. The van der Waals surface area contributed by atoms with Crippen LogP contribution in [0.4, 0.5) is 14.5 Å². The summed E-state index contributed by atoms with van der Waals surface area (Å²) in [5, 5.41) is 14.1. The standard InChI is InChI=1S/C17H11F2N3S/c18-14-6-11(8-20)7-15(19)16(14)21-9-13-10-23-17(22-13)12-4-2-1-3-5-12/h1-7,10,21H,9H2. The van der Waals surface area contributed by atoms with Crippen LogP contribution < -0.4 is 5.32 Å². The Balaban J connectivity index is 1.75. The Morgan fingerprint density at radius 3 is 2.48 bits per heavy atom. The van der Waals surface area contributed by atoms with Crippen molar-refractivity contribution in [3.8, 4) is 16.6 Å². The summed E-state index contributed by atoms with van der Waals surface area (Å²) < 4.78 is 27.6. The van der Waals surface area contributed by atoms with E-state index in [1.807, 2.05) is 35.7 Å². The Labute approximate surface area is 135 Å². The molecule has 0 bridgehead atoms. The fourth-order valence-corrected chi connectivity index (χ4v) is 2.91. The van der Waals surface area contributed by atoms with Crippen LogP contribution in [0.25, 0.3) is 10.6 Å². The first-order valence-corrected chi connectivity index (χ1v) is 7.68. The number of halogens is 2. The van der Waals surface area contributed by atoms with Gasteiger partial charge in [0.1, 0.15) is 10.7 Å². The highest BCUT2D eigenvalue weighted by molar-refractivity contribution is 7.13. The fraction of sp³-hybridized carbons (Fsp3) is 0.0588. The van der Waals surface area contributed by atoms with E-state index < -0.39 is 11.6 Å². The van der Waals surface area contributed by atoms with Crippen molar-refractivity contribution in [2.75, 3.05) is 5.32 Å². The molecule has 0 radical (unpaired) electrons. The number of hydrogen-bond acceptors (Lipinski definition) is 4. The minimum Gasteiger partial charge on any atom is -0.375 e. The van der Waals surface area contributed by atoms with Crippen molar-refractivity contribution in [3.63, 3.8) is 0 Å². The average Bonchev–Trinajstić information content (AvgIpc) is 3.03. The van der Waals surface area contributed by atoms with Crippen LogP contribution in [0.15, 0.2) is 47.8 Å². The number of anilines is 1. The van der Waals surface area contributed by atoms with E-state index in [9.17, 15) is 8.78 Å². The Kier molecular flexibility index (Phi) is 4.31. The van der Waals surface area contributed by atoms with E-state index in [-0.39, 0.29) is 17.8 Å². The second-order valence-corrected chi connectivity index (χ2v) is 5.65. The number of hydrogen-bond donors (Lipinski definition) is 1. The lowest BCUT2D eigenvalue weighted by atomic mass is 10.2. The van der Waals surface area contributed by atoms with Crippen LogP contribution in [-0.2, 0) is 6.54 Å². The van der Waals surface area contributed by atoms with Crippen molar-refractivity contribution in [2.24, 2.45) is 0 Å². The van der Waals surface area contributed by atoms with E-state index in [1.165, 1.54) is 11.3 Å². The van der Waals surface area contributed by atoms with E-state index in [2.05, 4.69) is 10.3 Å². The Morgan fingerprint density at radius 2 is 1.83 bits per heavy atom. The molecule has 2 aromatic carbocycles. The SMILES string of the molecule is N#Cc1cc(F)c(NCc2csc(-c3ccccc3)n2)c(F)c1. The molecule has 1 aromatic heterocycles. The van der Waals surface area contributed by atoms with Gasteiger partial charge in [0, 0.05) is 10.9 Å². The molecule has 6 heteroatoms. The van der Waals surface area contributed by atoms with Gasteiger partial charge in [0.05, 0.1) is 23.9 Å². The second-order valence-electron chi connectivity index (χ2n) is 4.79. The van der Waals surface area contributed by atoms with Gasteiger partial charge in [-0.25, -0.2) is 13.8 Å². The third kappa shape index (κ3) is 3.35. The number of nitrogens with one attached hydrogen (secondary N) is 1. The monoisotopic (exact) mass is 327 g/mol. The first-order chi connectivity index (χ1) is 11.2. The molecular weight excluding hydrogens is 316 g/mol. The van der Waals surface area contributed by atoms with Crippen LogP contribution in [0, 0.1) is 23.0 Å². The molecule has 0 saturated carbocycles. The van der Waals surface area contributed by atoms with Crippen LogP contribution >= 0.6 is 11.3 Å². The van der Waals surface area contributed by atoms with E-state index in [1.54, 1.807) is 6.07 Å². The van der Waals surface area contributed by atoms with Crippen molar-refractivity contribution in [1.29, 1.82) is 5.26 Å². The van der Waals surface area contributed by atoms with Gasteiger partial charge in [-0.3, -0.25) is 0 Å². The molecule has 0 atom stereocenters. The van der Waals surface area contributed by atoms with E-state index >= 15 is 0 Å². The third-order valence-corrected chi connectivity index (χ3v) is 4.13. The summed E-state index contributed by atoms with van der Waals surface area (Å²) >= 11 is 1.47. The molecule has 3 nitrogen and oxygen atoms in total. The predicted octanol–water partition coefficient (Wildman–Crippen LogP) is 4.57. The highest BCUT2D eigenvalue weighted by atomic mass is 32.1. The van der Waals surface area contributed by atoms with Crippen LogP contribution in [0.5, 0.6) is 0 Å². The third-order valence-electron chi connectivity index (χ3n) is 3.19. The van der Waals surface area contributed by atoms with Gasteiger partial charge in [0.25, 0.3) is 0 Å². The van der Waals surface area contributed by atoms with Gasteiger partial charge in [0.2, 0.25) is 0 Å². The van der Waals surface area contributed by atoms with Crippen molar-refractivity contribution < 1.29 is 8.78 Å². The summed E-state index contributed by atoms with van der Waals surface area (Å²) in [5.41, 5.74) is 1.39. The largest absolute Gasteiger partial charge is 0.375 e. The fourth-order valence-electron chi connectivity index (χ4n) is 2.09. The first kappa shape index (κ1) is 15.1. The van der Waals surface area contributed by atoms with Crippen molar-refractivity contribution in [1.82, 2.24) is 4.98 Å². The molecular formula is C17H11F2N3S. The highest BCUT2D eigenvalue weighted by Crippen LogP contribution is 2.25. The maximum atomic E-state index is 13.8. The van der Waals surface area contributed by atoms with Gasteiger partial charge < -0.3 is 5.32 Å². The molecule has 3 rings (SSSR count). The maximum Gasteiger partial charge on any atom is 0.150 e. The minimum absolute atomic E-state index is 0.0504. The molecule has 0 amide bonds. The van der Waals surface area contributed by atoms with Crippen molar-refractivity contribution >= 4 is 17.0 Å². The van der Waals surface area contributed by atoms with Crippen molar-refractivity contribution in [3.05, 3.63) is 70.7 Å². The summed E-state index contributed by atoms with van der Waals surface area (Å²) in [6.07, 6.45) is 0. The van der Waals surface area contributed by atoms with Crippen LogP contribution in [0.3, 0.4) is 0 Å². The van der Waals surface area contributed by atoms with Crippen LogP contribution in [0.2, 0.25) is 0 Å². The number of rotatable bonds is 4. The topological polar surface area (TPSA) is 48.7 Å². The Morgan fingerprint density at radius 1 is 1.13 bits per heavy atom. The number of nitriles is 1. The van der Waals surface area contributed by atoms with Gasteiger partial charge in [-0.1, -0.05) is 30.3 Å². The average molecular weight is 327 g/mol. The van der Waals surface area contributed by atoms with Gasteiger partial charge in [-0.05, 0) is 12.1 Å². The maximum absolute atomic E-state index is 13.8. The van der Waals surface area contributed by atoms with Crippen molar-refractivity contribution in [2.45, 2.75) is 6.54 Å². The Bertz CT molecular complexity index is 846. The molecule has 0 saturated heterocycles. The van der Waals surface area contributed by atoms with Crippen LogP contribution in [-0.4, -0.2) is 4.98 Å². The number of nitrogens with zero attached hydrogens (tertiary/aromatic N) is 2. The lowest BCUT2D eigenvalue weighted by molar-refractivity contribution is 0.587. The zero-order valence-corrected chi connectivity index (χ0v) is 12.7. The van der Waals surface area contributed by atoms with Gasteiger partial charge in [0.15, 0.2) is 11.6 Å². The molecule has 0 unspecified atom stereocenters. The normalized spacial score (nSPS) is 10.3. The van der Waals surface area contributed by atoms with E-state index in [0.717, 1.165) is 22.7 Å². The van der Waals surface area contributed by atoms with Gasteiger partial charge >= 0.3 is 0 Å². The highest BCUT2D eigenvalue weighted by Gasteiger charge is 2.12. The van der Waals surface area contributed by atoms with Gasteiger partial charge in [-0.15, -0.1) is 11.3 Å². The summed E-state index contributed by atoms with van der Waals surface area (Å²) in [6.45, 7) is 0.197. The smallest absolute Gasteiger partial charge is 0.150 e. The lowest BCUT2D eigenvalue weighted by Gasteiger charge is -2.07. The Hall–Kier alpha value is -2.78. The molecule has 0 fully saturated rings. The minimum atomic E-state index is -0.792. The zero-order valence-electron chi connectivity index (χ0n) is 11.9. The molecule has 1 heterocycles. The number of thiazole rings is 1. The van der Waals surface area contributed by atoms with Crippen LogP contribution in [0.1, 0.15) is 11.3 Å². The second kappa shape index (κ2) is 6.55. The first-order valence-electron chi connectivity index (χ1n) is 6.80. The summed E-state index contributed by atoms with van der Waals surface area (Å²) in [4.78, 5) is 4.45. The van der Waals surface area contributed by atoms with Gasteiger partial charge in [-0.2, -0.15) is 5.26 Å². The quantitative estimate of drug-likeness (QED) is 0.763. The molecule has 0 spiro atoms. The molecule has 114 valence electrons. The predicted molar refractivity (Wildman–Crippen MR) is 85.9 cm³/mol. The van der Waals surface area contributed by atoms with E-state index in [4.69, 9.17) is 5.26 Å². The summed E-state index contributed by atoms with van der Waals surface area (Å²) in [7, 11) is 0. The summed E-state index contributed by atoms with van der Waals surface area (Å²) in [6, 6.07) is 13.4. The molecule has 1 N–H and O–H groups in total. The summed E-state index contributed by atoms with van der Waals surface area (Å²) in [5.74, 6) is -1.58. The number of aromatic nitrogens is 1.